The lowest BCUT2D eigenvalue weighted by Crippen LogP contribution is -2.50. The Hall–Kier alpha value is -3.30. The summed E-state index contributed by atoms with van der Waals surface area (Å²) in [6, 6.07) is 11.6. The van der Waals surface area contributed by atoms with Crippen molar-refractivity contribution in [1.82, 2.24) is 9.80 Å². The van der Waals surface area contributed by atoms with Crippen molar-refractivity contribution in [2.75, 3.05) is 59.4 Å². The second kappa shape index (κ2) is 12.1. The summed E-state index contributed by atoms with van der Waals surface area (Å²) in [4.78, 5) is 40.4. The summed E-state index contributed by atoms with van der Waals surface area (Å²) >= 11 is 0. The second-order valence-electron chi connectivity index (χ2n) is 7.26. The lowest BCUT2D eigenvalue weighted by Gasteiger charge is -2.34. The molecule has 9 nitrogen and oxygen atoms in total. The van der Waals surface area contributed by atoms with Crippen LogP contribution in [0.2, 0.25) is 0 Å². The number of carbonyl (C=O) groups excluding carboxylic acids is 3. The van der Waals surface area contributed by atoms with E-state index in [2.05, 4.69) is 10.1 Å². The molecule has 0 aliphatic carbocycles. The molecule has 1 saturated heterocycles. The molecular weight excluding hydrogens is 450 g/mol. The van der Waals surface area contributed by atoms with Crippen molar-refractivity contribution in [2.45, 2.75) is 0 Å². The third-order valence-electron chi connectivity index (χ3n) is 5.25. The van der Waals surface area contributed by atoms with Crippen molar-refractivity contribution < 1.29 is 28.6 Å². The summed E-state index contributed by atoms with van der Waals surface area (Å²) in [7, 11) is 4.40. The minimum Gasteiger partial charge on any atom is -0.493 e. The van der Waals surface area contributed by atoms with E-state index in [1.807, 2.05) is 4.90 Å². The van der Waals surface area contributed by atoms with E-state index in [4.69, 9.17) is 9.47 Å². The van der Waals surface area contributed by atoms with Gasteiger partial charge in [-0.25, -0.2) is 4.79 Å². The van der Waals surface area contributed by atoms with Crippen LogP contribution in [0.5, 0.6) is 11.5 Å². The van der Waals surface area contributed by atoms with Crippen LogP contribution >= 0.6 is 12.4 Å². The molecule has 0 atom stereocenters. The molecule has 2 amide bonds. The first-order chi connectivity index (χ1) is 15.4. The van der Waals surface area contributed by atoms with Gasteiger partial charge < -0.3 is 24.4 Å². The van der Waals surface area contributed by atoms with Crippen LogP contribution < -0.4 is 14.8 Å². The molecule has 0 spiro atoms. The Kier molecular flexibility index (Phi) is 9.50. The molecule has 0 radical (unpaired) electrons. The van der Waals surface area contributed by atoms with Crippen LogP contribution in [-0.4, -0.2) is 81.6 Å². The van der Waals surface area contributed by atoms with Crippen molar-refractivity contribution in [3.8, 4) is 11.5 Å². The molecule has 0 unspecified atom stereocenters. The number of piperazine rings is 1. The standard InChI is InChI=1S/C23H27N3O6.ClH/c1-30-19-9-6-17(14-20(19)31-2)22(28)26-12-10-25(11-13-26)15-21(27)24-18-7-4-16(5-8-18)23(29)32-3;/h4-9,14H,10-13,15H2,1-3H3,(H,24,27);1H. The van der Waals surface area contributed by atoms with Gasteiger partial charge in [-0.3, -0.25) is 14.5 Å². The Balaban J connectivity index is 0.00000385. The summed E-state index contributed by atoms with van der Waals surface area (Å²) < 4.78 is 15.2. The van der Waals surface area contributed by atoms with E-state index in [-0.39, 0.29) is 30.8 Å². The summed E-state index contributed by atoms with van der Waals surface area (Å²) in [6.07, 6.45) is 0. The van der Waals surface area contributed by atoms with Gasteiger partial charge in [-0.1, -0.05) is 0 Å². The number of carbonyl (C=O) groups is 3. The lowest BCUT2D eigenvalue weighted by molar-refractivity contribution is -0.117. The van der Waals surface area contributed by atoms with Gasteiger partial charge in [0.25, 0.3) is 5.91 Å². The van der Waals surface area contributed by atoms with E-state index in [0.717, 1.165) is 0 Å². The fourth-order valence-electron chi connectivity index (χ4n) is 3.47. The molecular formula is C23H28ClN3O6. The minimum absolute atomic E-state index is 0. The normalized spacial score (nSPS) is 13.5. The van der Waals surface area contributed by atoms with Gasteiger partial charge in [-0.2, -0.15) is 0 Å². The van der Waals surface area contributed by atoms with Gasteiger partial charge in [0.1, 0.15) is 0 Å². The second-order valence-corrected chi connectivity index (χ2v) is 7.26. The average molecular weight is 478 g/mol. The predicted molar refractivity (Wildman–Crippen MR) is 126 cm³/mol. The van der Waals surface area contributed by atoms with Gasteiger partial charge in [0.2, 0.25) is 5.91 Å². The summed E-state index contributed by atoms with van der Waals surface area (Å²) in [5, 5.41) is 2.82. The van der Waals surface area contributed by atoms with Crippen LogP contribution in [-0.2, 0) is 9.53 Å². The van der Waals surface area contributed by atoms with Gasteiger partial charge in [-0.05, 0) is 42.5 Å². The maximum absolute atomic E-state index is 12.8. The highest BCUT2D eigenvalue weighted by atomic mass is 35.5. The fraction of sp³-hybridized carbons (Fsp3) is 0.348. The smallest absolute Gasteiger partial charge is 0.337 e. The van der Waals surface area contributed by atoms with Crippen molar-refractivity contribution in [1.29, 1.82) is 0 Å². The molecule has 1 aliphatic heterocycles. The highest BCUT2D eigenvalue weighted by Gasteiger charge is 2.24. The van der Waals surface area contributed by atoms with Gasteiger partial charge in [0.15, 0.2) is 11.5 Å². The molecule has 0 bridgehead atoms. The van der Waals surface area contributed by atoms with Crippen LogP contribution in [0.25, 0.3) is 0 Å². The Morgan fingerprint density at radius 3 is 2.03 bits per heavy atom. The van der Waals surface area contributed by atoms with Crippen molar-refractivity contribution in [3.63, 3.8) is 0 Å². The lowest BCUT2D eigenvalue weighted by atomic mass is 10.1. The van der Waals surface area contributed by atoms with Crippen LogP contribution in [0.4, 0.5) is 5.69 Å². The molecule has 0 aromatic heterocycles. The summed E-state index contributed by atoms with van der Waals surface area (Å²) in [6.45, 7) is 2.45. The predicted octanol–water partition coefficient (Wildman–Crippen LogP) is 2.31. The zero-order valence-electron chi connectivity index (χ0n) is 18.8. The van der Waals surface area contributed by atoms with Crippen LogP contribution in [0, 0.1) is 0 Å². The van der Waals surface area contributed by atoms with Crippen LogP contribution in [0.1, 0.15) is 20.7 Å². The molecule has 2 aromatic carbocycles. The Morgan fingerprint density at radius 1 is 0.848 bits per heavy atom. The quantitative estimate of drug-likeness (QED) is 0.611. The molecule has 2 aromatic rings. The molecule has 178 valence electrons. The molecule has 1 aliphatic rings. The number of methoxy groups -OCH3 is 3. The van der Waals surface area contributed by atoms with E-state index in [1.54, 1.807) is 54.5 Å². The van der Waals surface area contributed by atoms with E-state index >= 15 is 0 Å². The van der Waals surface area contributed by atoms with Crippen molar-refractivity contribution in [3.05, 3.63) is 53.6 Å². The number of hydrogen-bond acceptors (Lipinski definition) is 7. The first-order valence-electron chi connectivity index (χ1n) is 10.2. The highest BCUT2D eigenvalue weighted by Crippen LogP contribution is 2.28. The molecule has 1 heterocycles. The molecule has 10 heteroatoms. The number of hydrogen-bond donors (Lipinski definition) is 1. The minimum atomic E-state index is -0.427. The summed E-state index contributed by atoms with van der Waals surface area (Å²) in [5.41, 5.74) is 1.55. The molecule has 0 saturated carbocycles. The number of benzene rings is 2. The number of halogens is 1. The number of anilines is 1. The van der Waals surface area contributed by atoms with Gasteiger partial charge in [-0.15, -0.1) is 12.4 Å². The summed E-state index contributed by atoms with van der Waals surface area (Å²) in [5.74, 6) is 0.410. The zero-order chi connectivity index (χ0) is 23.1. The van der Waals surface area contributed by atoms with E-state index in [0.29, 0.717) is 54.5 Å². The van der Waals surface area contributed by atoms with Gasteiger partial charge in [0.05, 0.1) is 33.4 Å². The molecule has 33 heavy (non-hydrogen) atoms. The van der Waals surface area contributed by atoms with Crippen molar-refractivity contribution >= 4 is 35.9 Å². The third-order valence-corrected chi connectivity index (χ3v) is 5.25. The highest BCUT2D eigenvalue weighted by molar-refractivity contribution is 5.95. The number of rotatable bonds is 7. The first-order valence-corrected chi connectivity index (χ1v) is 10.2. The SMILES string of the molecule is COC(=O)c1ccc(NC(=O)CN2CCN(C(=O)c3ccc(OC)c(OC)c3)CC2)cc1.Cl. The number of amides is 2. The van der Waals surface area contributed by atoms with E-state index < -0.39 is 5.97 Å². The largest absolute Gasteiger partial charge is 0.493 e. The number of esters is 1. The van der Waals surface area contributed by atoms with Crippen LogP contribution in [0.3, 0.4) is 0 Å². The number of nitrogens with one attached hydrogen (secondary N) is 1. The Bertz CT molecular complexity index is 975. The van der Waals surface area contributed by atoms with Gasteiger partial charge in [0, 0.05) is 37.4 Å². The van der Waals surface area contributed by atoms with Crippen LogP contribution in [0.15, 0.2) is 42.5 Å². The maximum Gasteiger partial charge on any atom is 0.337 e. The Morgan fingerprint density at radius 2 is 1.45 bits per heavy atom. The first kappa shape index (κ1) is 26.0. The average Bonchev–Trinajstić information content (AvgIpc) is 2.83. The van der Waals surface area contributed by atoms with E-state index in [1.165, 1.54) is 14.2 Å². The maximum atomic E-state index is 12.8. The number of ether oxygens (including phenoxy) is 3. The molecule has 1 fully saturated rings. The number of nitrogens with zero attached hydrogens (tertiary/aromatic N) is 2. The fourth-order valence-corrected chi connectivity index (χ4v) is 3.47. The van der Waals surface area contributed by atoms with Crippen molar-refractivity contribution in [2.24, 2.45) is 0 Å². The molecule has 3 rings (SSSR count). The zero-order valence-corrected chi connectivity index (χ0v) is 19.6. The third kappa shape index (κ3) is 6.59. The monoisotopic (exact) mass is 477 g/mol. The molecule has 1 N–H and O–H groups in total. The Labute approximate surface area is 199 Å². The van der Waals surface area contributed by atoms with Gasteiger partial charge >= 0.3 is 5.97 Å². The van der Waals surface area contributed by atoms with E-state index in [9.17, 15) is 14.4 Å². The topological polar surface area (TPSA) is 97.4 Å².